The molecule has 1 aromatic rings. The van der Waals surface area contributed by atoms with E-state index in [9.17, 15) is 18.0 Å². The molecule has 1 fully saturated rings. The van der Waals surface area contributed by atoms with Crippen LogP contribution in [-0.4, -0.2) is 44.3 Å². The number of likely N-dealkylation sites (tertiary alicyclic amines) is 1. The van der Waals surface area contributed by atoms with Gasteiger partial charge in [0.05, 0.1) is 17.4 Å². The van der Waals surface area contributed by atoms with Crippen LogP contribution in [0.4, 0.5) is 0 Å². The van der Waals surface area contributed by atoms with Gasteiger partial charge in [-0.2, -0.15) is 0 Å². The summed E-state index contributed by atoms with van der Waals surface area (Å²) in [4.78, 5) is 24.8. The third-order valence-electron chi connectivity index (χ3n) is 3.62. The molecule has 120 valence electrons. The first kappa shape index (κ1) is 16.6. The van der Waals surface area contributed by atoms with Gasteiger partial charge in [0.2, 0.25) is 21.8 Å². The maximum absolute atomic E-state index is 11.9. The summed E-state index contributed by atoms with van der Waals surface area (Å²) in [6.45, 7) is 2.69. The molecule has 0 aliphatic carbocycles. The first-order valence-electron chi connectivity index (χ1n) is 7.02. The summed E-state index contributed by atoms with van der Waals surface area (Å²) in [5, 5.41) is 8.09. The highest BCUT2D eigenvalue weighted by molar-refractivity contribution is 7.89. The van der Waals surface area contributed by atoms with Crippen LogP contribution in [0, 0.1) is 0 Å². The number of nitrogens with one attached hydrogen (secondary N) is 1. The Morgan fingerprint density at radius 1 is 1.27 bits per heavy atom. The lowest BCUT2D eigenvalue weighted by atomic mass is 10.1. The third-order valence-corrected chi connectivity index (χ3v) is 4.55. The molecule has 1 aliphatic heterocycles. The Labute approximate surface area is 129 Å². The van der Waals surface area contributed by atoms with Crippen molar-refractivity contribution in [3.63, 3.8) is 0 Å². The Kier molecular flexibility index (Phi) is 4.94. The molecule has 1 unspecified atom stereocenters. The van der Waals surface area contributed by atoms with Gasteiger partial charge in [-0.1, -0.05) is 12.1 Å². The molecule has 8 heteroatoms. The van der Waals surface area contributed by atoms with Gasteiger partial charge in [0.1, 0.15) is 0 Å². The van der Waals surface area contributed by atoms with Crippen LogP contribution in [-0.2, 0) is 26.0 Å². The minimum atomic E-state index is -3.68. The van der Waals surface area contributed by atoms with Gasteiger partial charge < -0.3 is 5.32 Å². The van der Waals surface area contributed by atoms with E-state index >= 15 is 0 Å². The number of hydrogen-bond donors (Lipinski definition) is 2. The Morgan fingerprint density at radius 2 is 1.91 bits per heavy atom. The maximum Gasteiger partial charge on any atom is 0.246 e. The van der Waals surface area contributed by atoms with E-state index in [1.807, 2.05) is 0 Å². The summed E-state index contributed by atoms with van der Waals surface area (Å²) in [6.07, 6.45) is 0.812. The summed E-state index contributed by atoms with van der Waals surface area (Å²) in [5.74, 6) is -0.334. The number of nitrogens with zero attached hydrogens (tertiary/aromatic N) is 1. The minimum absolute atomic E-state index is 0.0689. The van der Waals surface area contributed by atoms with Crippen LogP contribution < -0.4 is 10.5 Å². The molecule has 0 bridgehead atoms. The van der Waals surface area contributed by atoms with Gasteiger partial charge >= 0.3 is 0 Å². The Hall–Kier alpha value is -1.77. The number of sulfonamides is 1. The quantitative estimate of drug-likeness (QED) is 0.693. The molecular weight excluding hydrogens is 306 g/mol. The Balaban J connectivity index is 1.87. The maximum atomic E-state index is 11.9. The van der Waals surface area contributed by atoms with Crippen LogP contribution in [0.3, 0.4) is 0 Å². The van der Waals surface area contributed by atoms with Gasteiger partial charge in [-0.05, 0) is 37.6 Å². The second-order valence-electron chi connectivity index (χ2n) is 5.13. The number of amides is 2. The predicted molar refractivity (Wildman–Crippen MR) is 80.3 cm³/mol. The second-order valence-corrected chi connectivity index (χ2v) is 6.69. The number of carbonyl (C=O) groups excluding carboxylic acids is 2. The first-order valence-corrected chi connectivity index (χ1v) is 8.57. The van der Waals surface area contributed by atoms with Crippen molar-refractivity contribution in [1.82, 2.24) is 10.2 Å². The highest BCUT2D eigenvalue weighted by atomic mass is 32.2. The molecular formula is C14H19N3O4S. The smallest absolute Gasteiger partial charge is 0.246 e. The van der Waals surface area contributed by atoms with Crippen molar-refractivity contribution in [2.24, 2.45) is 5.14 Å². The third kappa shape index (κ3) is 3.70. The zero-order valence-corrected chi connectivity index (χ0v) is 13.1. The number of hydrogen-bond acceptors (Lipinski definition) is 5. The van der Waals surface area contributed by atoms with E-state index in [0.29, 0.717) is 19.5 Å². The Bertz CT molecular complexity index is 670. The van der Waals surface area contributed by atoms with Gasteiger partial charge in [-0.3, -0.25) is 14.5 Å². The molecule has 2 rings (SSSR count). The summed E-state index contributed by atoms with van der Waals surface area (Å²) in [6, 6.07) is 5.81. The summed E-state index contributed by atoms with van der Waals surface area (Å²) >= 11 is 0. The monoisotopic (exact) mass is 325 g/mol. The van der Waals surface area contributed by atoms with Crippen LogP contribution in [0.5, 0.6) is 0 Å². The number of benzene rings is 1. The highest BCUT2D eigenvalue weighted by Crippen LogP contribution is 2.13. The van der Waals surface area contributed by atoms with Crippen molar-refractivity contribution in [2.45, 2.75) is 30.7 Å². The fourth-order valence-corrected chi connectivity index (χ4v) is 2.93. The van der Waals surface area contributed by atoms with Gasteiger partial charge in [-0.15, -0.1) is 0 Å². The molecule has 1 atom stereocenters. The number of rotatable bonds is 6. The molecule has 1 heterocycles. The molecule has 0 saturated carbocycles. The normalized spacial score (nSPS) is 19.0. The van der Waals surface area contributed by atoms with Crippen LogP contribution in [0.25, 0.3) is 0 Å². The molecule has 1 saturated heterocycles. The topological polar surface area (TPSA) is 110 Å². The fraction of sp³-hybridized carbons (Fsp3) is 0.429. The Morgan fingerprint density at radius 3 is 2.41 bits per heavy atom. The second kappa shape index (κ2) is 6.55. The van der Waals surface area contributed by atoms with E-state index in [1.165, 1.54) is 17.0 Å². The van der Waals surface area contributed by atoms with E-state index in [1.54, 1.807) is 19.1 Å². The number of carbonyl (C=O) groups is 2. The van der Waals surface area contributed by atoms with Crippen LogP contribution >= 0.6 is 0 Å². The van der Waals surface area contributed by atoms with Crippen molar-refractivity contribution in [3.8, 4) is 0 Å². The molecule has 1 aromatic carbocycles. The highest BCUT2D eigenvalue weighted by Gasteiger charge is 2.36. The van der Waals surface area contributed by atoms with Gasteiger partial charge in [0.15, 0.2) is 0 Å². The van der Waals surface area contributed by atoms with Crippen LogP contribution in [0.15, 0.2) is 29.2 Å². The molecule has 2 amide bonds. The van der Waals surface area contributed by atoms with E-state index in [2.05, 4.69) is 5.32 Å². The van der Waals surface area contributed by atoms with Gasteiger partial charge in [-0.25, -0.2) is 13.6 Å². The van der Waals surface area contributed by atoms with Crippen LogP contribution in [0.1, 0.15) is 18.9 Å². The summed E-state index contributed by atoms with van der Waals surface area (Å²) in [5.41, 5.74) is 0.920. The first-order chi connectivity index (χ1) is 10.3. The SMILES string of the molecule is CCN1C(=O)CC(NCCc2ccc(S(N)(=O)=O)cc2)C1=O. The number of imide groups is 1. The molecule has 0 spiro atoms. The molecule has 0 radical (unpaired) electrons. The number of nitrogens with two attached hydrogens (primary N) is 1. The van der Waals surface area contributed by atoms with E-state index in [4.69, 9.17) is 5.14 Å². The van der Waals surface area contributed by atoms with Crippen molar-refractivity contribution < 1.29 is 18.0 Å². The van der Waals surface area contributed by atoms with Crippen molar-refractivity contribution in [2.75, 3.05) is 13.1 Å². The molecule has 1 aliphatic rings. The molecule has 0 aromatic heterocycles. The molecule has 7 nitrogen and oxygen atoms in total. The van der Waals surface area contributed by atoms with Crippen molar-refractivity contribution in [3.05, 3.63) is 29.8 Å². The lowest BCUT2D eigenvalue weighted by Crippen LogP contribution is -2.39. The molecule has 22 heavy (non-hydrogen) atoms. The van der Waals surface area contributed by atoms with E-state index in [-0.39, 0.29) is 23.1 Å². The largest absolute Gasteiger partial charge is 0.305 e. The summed E-state index contributed by atoms with van der Waals surface area (Å²) < 4.78 is 22.3. The van der Waals surface area contributed by atoms with Gasteiger partial charge in [0, 0.05) is 6.54 Å². The number of likely N-dealkylation sites (N-methyl/N-ethyl adjacent to an activating group) is 1. The van der Waals surface area contributed by atoms with E-state index < -0.39 is 16.1 Å². The van der Waals surface area contributed by atoms with Gasteiger partial charge in [0.25, 0.3) is 0 Å². The summed E-state index contributed by atoms with van der Waals surface area (Å²) in [7, 11) is -3.68. The zero-order chi connectivity index (χ0) is 16.3. The predicted octanol–water partition coefficient (Wildman–Crippen LogP) is -0.386. The average molecular weight is 325 g/mol. The zero-order valence-electron chi connectivity index (χ0n) is 12.3. The van der Waals surface area contributed by atoms with E-state index in [0.717, 1.165) is 5.56 Å². The van der Waals surface area contributed by atoms with Crippen molar-refractivity contribution >= 4 is 21.8 Å². The fourth-order valence-electron chi connectivity index (χ4n) is 2.41. The lowest BCUT2D eigenvalue weighted by Gasteiger charge is -2.13. The van der Waals surface area contributed by atoms with Crippen LogP contribution in [0.2, 0.25) is 0 Å². The molecule has 3 N–H and O–H groups in total. The number of primary sulfonamides is 1. The lowest BCUT2D eigenvalue weighted by molar-refractivity contribution is -0.138. The minimum Gasteiger partial charge on any atom is -0.305 e. The van der Waals surface area contributed by atoms with Crippen molar-refractivity contribution in [1.29, 1.82) is 0 Å². The average Bonchev–Trinajstić information content (AvgIpc) is 2.72. The standard InChI is InChI=1S/C14H19N3O4S/c1-2-17-13(18)9-12(14(17)19)16-8-7-10-3-5-11(6-4-10)22(15,20)21/h3-6,12,16H,2,7-9H2,1H3,(H2,15,20,21).